The van der Waals surface area contributed by atoms with Gasteiger partial charge in [-0.05, 0) is 50.0 Å². The van der Waals surface area contributed by atoms with Gasteiger partial charge in [0.15, 0.2) is 5.78 Å². The molecule has 2 rings (SSSR count). The van der Waals surface area contributed by atoms with Crippen molar-refractivity contribution in [3.8, 4) is 0 Å². The zero-order valence-electron chi connectivity index (χ0n) is 12.0. The Morgan fingerprint density at radius 3 is 2.95 bits per heavy atom. The average Bonchev–Trinajstić information content (AvgIpc) is 2.39. The third kappa shape index (κ3) is 2.76. The summed E-state index contributed by atoms with van der Waals surface area (Å²) < 4.78 is 15.0. The average molecular weight is 268 g/mol. The molecule has 3 heteroatoms. The van der Waals surface area contributed by atoms with Gasteiger partial charge in [-0.2, -0.15) is 0 Å². The number of alkyl halides is 1. The highest BCUT2D eigenvalue weighted by Crippen LogP contribution is 2.52. The smallest absolute Gasteiger partial charge is 0.155 e. The van der Waals surface area contributed by atoms with Gasteiger partial charge in [0.2, 0.25) is 0 Å². The van der Waals surface area contributed by atoms with Crippen LogP contribution in [0.3, 0.4) is 0 Å². The first kappa shape index (κ1) is 14.7. The molecule has 0 aliphatic heterocycles. The lowest BCUT2D eigenvalue weighted by Gasteiger charge is -2.47. The number of rotatable bonds is 4. The maximum absolute atomic E-state index is 15.0. The number of allylic oxidation sites excluding steroid dienone is 2. The van der Waals surface area contributed by atoms with E-state index in [1.54, 1.807) is 6.08 Å². The van der Waals surface area contributed by atoms with E-state index in [2.05, 4.69) is 6.92 Å². The Labute approximate surface area is 115 Å². The SMILES string of the molecule is C[C@@H](CCCO)[C@@H]1CCC2=CC(=O)CC[C@]2(C)[C@@H]1F. The van der Waals surface area contributed by atoms with Crippen LogP contribution >= 0.6 is 0 Å². The molecule has 19 heavy (non-hydrogen) atoms. The molecule has 4 atom stereocenters. The molecular weight excluding hydrogens is 243 g/mol. The first-order valence-corrected chi connectivity index (χ1v) is 7.48. The summed E-state index contributed by atoms with van der Waals surface area (Å²) in [5, 5.41) is 8.91. The summed E-state index contributed by atoms with van der Waals surface area (Å²) >= 11 is 0. The molecule has 0 unspecified atom stereocenters. The summed E-state index contributed by atoms with van der Waals surface area (Å²) in [7, 11) is 0. The van der Waals surface area contributed by atoms with Gasteiger partial charge in [-0.15, -0.1) is 0 Å². The first-order chi connectivity index (χ1) is 8.99. The Balaban J connectivity index is 2.12. The van der Waals surface area contributed by atoms with Crippen molar-refractivity contribution >= 4 is 5.78 Å². The van der Waals surface area contributed by atoms with Crippen LogP contribution in [0.15, 0.2) is 11.6 Å². The van der Waals surface area contributed by atoms with Crippen LogP contribution in [0.5, 0.6) is 0 Å². The number of carbonyl (C=O) groups excluding carboxylic acids is 1. The van der Waals surface area contributed by atoms with Gasteiger partial charge in [0.25, 0.3) is 0 Å². The molecule has 0 bridgehead atoms. The second kappa shape index (κ2) is 5.74. The van der Waals surface area contributed by atoms with Gasteiger partial charge < -0.3 is 5.11 Å². The summed E-state index contributed by atoms with van der Waals surface area (Å²) in [6.45, 7) is 4.27. The Morgan fingerprint density at radius 2 is 2.26 bits per heavy atom. The van der Waals surface area contributed by atoms with Crippen molar-refractivity contribution in [3.63, 3.8) is 0 Å². The first-order valence-electron chi connectivity index (χ1n) is 7.48. The minimum Gasteiger partial charge on any atom is -0.396 e. The van der Waals surface area contributed by atoms with Crippen molar-refractivity contribution < 1.29 is 14.3 Å². The van der Waals surface area contributed by atoms with Crippen molar-refractivity contribution in [1.82, 2.24) is 0 Å². The number of aliphatic hydroxyl groups is 1. The molecule has 0 aromatic carbocycles. The number of hydrogen-bond donors (Lipinski definition) is 1. The summed E-state index contributed by atoms with van der Waals surface area (Å²) in [5.41, 5.74) is 0.603. The summed E-state index contributed by atoms with van der Waals surface area (Å²) in [4.78, 5) is 11.5. The van der Waals surface area contributed by atoms with Gasteiger partial charge in [0, 0.05) is 18.4 Å². The van der Waals surface area contributed by atoms with Gasteiger partial charge in [-0.3, -0.25) is 4.79 Å². The quantitative estimate of drug-likeness (QED) is 0.848. The topological polar surface area (TPSA) is 37.3 Å². The fraction of sp³-hybridized carbons (Fsp3) is 0.812. The van der Waals surface area contributed by atoms with E-state index in [0.29, 0.717) is 18.8 Å². The lowest BCUT2D eigenvalue weighted by Crippen LogP contribution is -2.45. The molecule has 0 radical (unpaired) electrons. The van der Waals surface area contributed by atoms with Gasteiger partial charge >= 0.3 is 0 Å². The van der Waals surface area contributed by atoms with Crippen molar-refractivity contribution in [2.45, 2.75) is 58.5 Å². The molecular formula is C16H25FO2. The van der Waals surface area contributed by atoms with Gasteiger partial charge in [0.05, 0.1) is 0 Å². The number of ketones is 1. The molecule has 1 N–H and O–H groups in total. The Bertz CT molecular complexity index is 377. The fourth-order valence-electron chi connectivity index (χ4n) is 3.79. The van der Waals surface area contributed by atoms with Gasteiger partial charge in [-0.1, -0.05) is 19.4 Å². The Morgan fingerprint density at radius 1 is 1.53 bits per heavy atom. The second-order valence-electron chi connectivity index (χ2n) is 6.50. The van der Waals surface area contributed by atoms with Crippen molar-refractivity contribution in [2.75, 3.05) is 6.61 Å². The van der Waals surface area contributed by atoms with Crippen LogP contribution in [0.25, 0.3) is 0 Å². The van der Waals surface area contributed by atoms with E-state index in [-0.39, 0.29) is 18.3 Å². The van der Waals surface area contributed by atoms with Crippen molar-refractivity contribution in [3.05, 3.63) is 11.6 Å². The van der Waals surface area contributed by atoms with E-state index in [0.717, 1.165) is 31.3 Å². The predicted octanol–water partition coefficient (Wildman–Crippen LogP) is 3.44. The number of fused-ring (bicyclic) bond motifs is 1. The minimum absolute atomic E-state index is 0.0712. The van der Waals surface area contributed by atoms with Crippen LogP contribution in [-0.2, 0) is 4.79 Å². The molecule has 0 aromatic rings. The van der Waals surface area contributed by atoms with Crippen LogP contribution in [0.1, 0.15) is 52.4 Å². The van der Waals surface area contributed by atoms with Crippen molar-refractivity contribution in [2.24, 2.45) is 17.3 Å². The molecule has 0 heterocycles. The highest BCUT2D eigenvalue weighted by Gasteiger charge is 2.48. The van der Waals surface area contributed by atoms with E-state index in [1.807, 2.05) is 6.92 Å². The summed E-state index contributed by atoms with van der Waals surface area (Å²) in [6, 6.07) is 0. The van der Waals surface area contributed by atoms with E-state index in [9.17, 15) is 9.18 Å². The van der Waals surface area contributed by atoms with Crippen LogP contribution < -0.4 is 0 Å². The lowest BCUT2D eigenvalue weighted by molar-refractivity contribution is -0.116. The fourth-order valence-corrected chi connectivity index (χ4v) is 3.79. The third-order valence-corrected chi connectivity index (χ3v) is 5.24. The van der Waals surface area contributed by atoms with E-state index in [4.69, 9.17) is 5.11 Å². The predicted molar refractivity (Wildman–Crippen MR) is 73.5 cm³/mol. The number of halogens is 1. The molecule has 1 saturated carbocycles. The number of carbonyl (C=O) groups is 1. The summed E-state index contributed by atoms with van der Waals surface area (Å²) in [5.74, 6) is 0.534. The highest BCUT2D eigenvalue weighted by atomic mass is 19.1. The van der Waals surface area contributed by atoms with Crippen LogP contribution in [0, 0.1) is 17.3 Å². The normalized spacial score (nSPS) is 36.6. The minimum atomic E-state index is -0.853. The van der Waals surface area contributed by atoms with E-state index >= 15 is 0 Å². The van der Waals surface area contributed by atoms with Crippen LogP contribution in [-0.4, -0.2) is 23.7 Å². The van der Waals surface area contributed by atoms with E-state index < -0.39 is 11.6 Å². The second-order valence-corrected chi connectivity index (χ2v) is 6.50. The largest absolute Gasteiger partial charge is 0.396 e. The van der Waals surface area contributed by atoms with Gasteiger partial charge in [0.1, 0.15) is 6.17 Å². The monoisotopic (exact) mass is 268 g/mol. The molecule has 1 fully saturated rings. The molecule has 2 aliphatic carbocycles. The van der Waals surface area contributed by atoms with Gasteiger partial charge in [-0.25, -0.2) is 4.39 Å². The van der Waals surface area contributed by atoms with E-state index in [1.165, 1.54) is 0 Å². The molecule has 0 amide bonds. The van der Waals surface area contributed by atoms with Crippen LogP contribution in [0.4, 0.5) is 4.39 Å². The zero-order valence-corrected chi connectivity index (χ0v) is 12.0. The third-order valence-electron chi connectivity index (χ3n) is 5.24. The Hall–Kier alpha value is -0.700. The maximum atomic E-state index is 15.0. The number of hydrogen-bond acceptors (Lipinski definition) is 2. The molecule has 0 aromatic heterocycles. The van der Waals surface area contributed by atoms with Crippen LogP contribution in [0.2, 0.25) is 0 Å². The highest BCUT2D eigenvalue weighted by molar-refractivity contribution is 5.91. The zero-order chi connectivity index (χ0) is 14.0. The lowest BCUT2D eigenvalue weighted by atomic mass is 9.59. The number of aliphatic hydroxyl groups excluding tert-OH is 1. The molecule has 2 nitrogen and oxygen atoms in total. The summed E-state index contributed by atoms with van der Waals surface area (Å²) in [6.07, 6.45) is 5.32. The molecule has 2 aliphatic rings. The standard InChI is InChI=1S/C16H25FO2/c1-11(4-3-9-18)14-6-5-12-10-13(19)7-8-16(12,2)15(14)17/h10-11,14-15,18H,3-9H2,1-2H3/t11-,14-,15+,16-/m0/s1. The Kier molecular flexibility index (Phi) is 4.44. The maximum Gasteiger partial charge on any atom is 0.155 e. The van der Waals surface area contributed by atoms with Crippen molar-refractivity contribution in [1.29, 1.82) is 0 Å². The molecule has 0 spiro atoms. The molecule has 0 saturated heterocycles. The molecule has 108 valence electrons.